The van der Waals surface area contributed by atoms with Crippen LogP contribution in [-0.4, -0.2) is 43.3 Å². The highest BCUT2D eigenvalue weighted by molar-refractivity contribution is 7.17. The Labute approximate surface area is 206 Å². The van der Waals surface area contributed by atoms with Gasteiger partial charge < -0.3 is 19.1 Å². The van der Waals surface area contributed by atoms with E-state index in [-0.39, 0.29) is 12.0 Å². The Morgan fingerprint density at radius 1 is 1.15 bits per heavy atom. The minimum Gasteiger partial charge on any atom is -0.487 e. The second-order valence-corrected chi connectivity index (χ2v) is 10.5. The third-order valence-corrected chi connectivity index (χ3v) is 8.39. The first-order chi connectivity index (χ1) is 16.7. The predicted molar refractivity (Wildman–Crippen MR) is 136 cm³/mol. The van der Waals surface area contributed by atoms with Crippen LogP contribution in [0.2, 0.25) is 0 Å². The summed E-state index contributed by atoms with van der Waals surface area (Å²) in [5.74, 6) is 1.54. The number of hydrogen-bond donors (Lipinski definition) is 0. The molecule has 0 saturated carbocycles. The molecule has 4 heterocycles. The van der Waals surface area contributed by atoms with Crippen molar-refractivity contribution in [2.75, 3.05) is 26.4 Å². The monoisotopic (exact) mass is 491 g/mol. The molecule has 34 heavy (non-hydrogen) atoms. The van der Waals surface area contributed by atoms with Gasteiger partial charge in [-0.2, -0.15) is 0 Å². The van der Waals surface area contributed by atoms with Crippen LogP contribution in [0, 0.1) is 6.92 Å². The van der Waals surface area contributed by atoms with Crippen LogP contribution in [0.3, 0.4) is 0 Å². The molecule has 1 saturated heterocycles. The van der Waals surface area contributed by atoms with Crippen LogP contribution >= 0.6 is 22.7 Å². The number of thiophene rings is 2. The molecule has 2 aliphatic rings. The summed E-state index contributed by atoms with van der Waals surface area (Å²) in [5, 5.41) is 5.39. The lowest BCUT2D eigenvalue weighted by Gasteiger charge is -2.21. The smallest absolute Gasteiger partial charge is 0.264 e. The van der Waals surface area contributed by atoms with Crippen molar-refractivity contribution in [1.29, 1.82) is 0 Å². The number of rotatable bonds is 4. The average Bonchev–Trinajstić information content (AvgIpc) is 3.57. The Kier molecular flexibility index (Phi) is 5.77. The fraction of sp³-hybridized carbons (Fsp3) is 0.296. The van der Waals surface area contributed by atoms with E-state index in [1.54, 1.807) is 11.3 Å². The van der Waals surface area contributed by atoms with E-state index in [1.807, 2.05) is 23.3 Å². The second kappa shape index (κ2) is 9.06. The Hall–Kier alpha value is -2.87. The van der Waals surface area contributed by atoms with E-state index >= 15 is 0 Å². The van der Waals surface area contributed by atoms with Crippen LogP contribution in [0.25, 0.3) is 21.2 Å². The van der Waals surface area contributed by atoms with E-state index in [4.69, 9.17) is 14.2 Å². The number of fused-ring (bicyclic) bond motifs is 2. The van der Waals surface area contributed by atoms with Crippen molar-refractivity contribution < 1.29 is 19.0 Å². The molecule has 0 N–H and O–H groups in total. The fourth-order valence-electron chi connectivity index (χ4n) is 4.62. The molecule has 1 amide bonds. The zero-order chi connectivity index (χ0) is 23.1. The molecule has 0 spiro atoms. The number of carbonyl (C=O) groups excluding carboxylic acids is 1. The van der Waals surface area contributed by atoms with E-state index in [1.165, 1.54) is 27.0 Å². The number of amides is 1. The highest BCUT2D eigenvalue weighted by Gasteiger charge is 2.28. The van der Waals surface area contributed by atoms with E-state index < -0.39 is 0 Å². The Balaban J connectivity index is 1.43. The highest BCUT2D eigenvalue weighted by atomic mass is 32.1. The van der Waals surface area contributed by atoms with Crippen LogP contribution in [0.4, 0.5) is 0 Å². The summed E-state index contributed by atoms with van der Waals surface area (Å²) in [6.07, 6.45) is 0.875. The lowest BCUT2D eigenvalue weighted by Crippen LogP contribution is -2.32. The van der Waals surface area contributed by atoms with Crippen LogP contribution in [0.1, 0.15) is 27.2 Å². The lowest BCUT2D eigenvalue weighted by atomic mass is 10.0. The molecule has 0 radical (unpaired) electrons. The van der Waals surface area contributed by atoms with Crippen LogP contribution < -0.4 is 9.47 Å². The maximum atomic E-state index is 13.3. The number of benzene rings is 2. The normalized spacial score (nSPS) is 17.9. The Morgan fingerprint density at radius 3 is 2.88 bits per heavy atom. The van der Waals surface area contributed by atoms with Gasteiger partial charge in [0.25, 0.3) is 5.91 Å². The molecule has 1 fully saturated rings. The van der Waals surface area contributed by atoms with Crippen LogP contribution in [0.5, 0.6) is 11.5 Å². The molecule has 0 aliphatic carbocycles. The first kappa shape index (κ1) is 21.6. The van der Waals surface area contributed by atoms with Crippen molar-refractivity contribution in [3.63, 3.8) is 0 Å². The van der Waals surface area contributed by atoms with Gasteiger partial charge in [-0.05, 0) is 53.1 Å². The largest absolute Gasteiger partial charge is 0.487 e. The molecule has 2 aromatic carbocycles. The molecular weight excluding hydrogens is 466 g/mol. The fourth-order valence-corrected chi connectivity index (χ4v) is 6.48. The third kappa shape index (κ3) is 3.98. The van der Waals surface area contributed by atoms with Crippen molar-refractivity contribution in [3.8, 4) is 22.6 Å². The second-order valence-electron chi connectivity index (χ2n) is 8.72. The van der Waals surface area contributed by atoms with E-state index in [2.05, 4.69) is 41.8 Å². The Bertz CT molecular complexity index is 1350. The first-order valence-corrected chi connectivity index (χ1v) is 13.3. The molecule has 0 bridgehead atoms. The minimum atomic E-state index is 0.0110. The quantitative estimate of drug-likeness (QED) is 0.344. The summed E-state index contributed by atoms with van der Waals surface area (Å²) in [4.78, 5) is 16.0. The molecule has 6 rings (SSSR count). The standard InChI is InChI=1S/C27H25NO4S2/c1-17-7-11-33-26(17)27(29)28-8-10-31-25-19(14-28)12-18(13-23(25)32-20-6-9-30-15-20)22-16-34-24-5-3-2-4-21(22)24/h2-5,7,11-13,16,20H,6,8-10,14-15H2,1H3/t20-/m1/s1. The van der Waals surface area contributed by atoms with Gasteiger partial charge in [-0.1, -0.05) is 18.2 Å². The lowest BCUT2D eigenvalue weighted by molar-refractivity contribution is 0.0737. The van der Waals surface area contributed by atoms with Crippen molar-refractivity contribution in [2.45, 2.75) is 26.0 Å². The predicted octanol–water partition coefficient (Wildman–Crippen LogP) is 6.14. The number of aryl methyl sites for hydroxylation is 1. The number of nitrogens with zero attached hydrogens (tertiary/aromatic N) is 1. The van der Waals surface area contributed by atoms with Crippen molar-refractivity contribution >= 4 is 38.7 Å². The number of carbonyl (C=O) groups is 1. The average molecular weight is 492 g/mol. The topological polar surface area (TPSA) is 48.0 Å². The molecular formula is C27H25NO4S2. The van der Waals surface area contributed by atoms with E-state index in [9.17, 15) is 4.79 Å². The molecule has 4 aromatic rings. The van der Waals surface area contributed by atoms with Gasteiger partial charge in [0.1, 0.15) is 12.7 Å². The molecule has 2 aromatic heterocycles. The highest BCUT2D eigenvalue weighted by Crippen LogP contribution is 2.42. The van der Waals surface area contributed by atoms with Crippen LogP contribution in [-0.2, 0) is 11.3 Å². The van der Waals surface area contributed by atoms with Gasteiger partial charge in [-0.15, -0.1) is 22.7 Å². The van der Waals surface area contributed by atoms with E-state index in [0.717, 1.165) is 39.5 Å². The van der Waals surface area contributed by atoms with Gasteiger partial charge in [0, 0.05) is 34.2 Å². The molecule has 174 valence electrons. The zero-order valence-electron chi connectivity index (χ0n) is 18.9. The van der Waals surface area contributed by atoms with Gasteiger partial charge in [0.05, 0.1) is 24.6 Å². The number of hydrogen-bond acceptors (Lipinski definition) is 6. The third-order valence-electron chi connectivity index (χ3n) is 6.42. The zero-order valence-corrected chi connectivity index (χ0v) is 20.5. The van der Waals surface area contributed by atoms with Gasteiger partial charge in [0.15, 0.2) is 11.5 Å². The SMILES string of the molecule is Cc1ccsc1C(=O)N1CCOc2c(cc(-c3csc4ccccc34)cc2O[C@@H]2CCOC2)C1. The van der Waals surface area contributed by atoms with E-state index in [0.29, 0.717) is 32.9 Å². The van der Waals surface area contributed by atoms with Gasteiger partial charge >= 0.3 is 0 Å². The number of ether oxygens (including phenoxy) is 3. The maximum Gasteiger partial charge on any atom is 0.264 e. The summed E-state index contributed by atoms with van der Waals surface area (Å²) >= 11 is 3.24. The Morgan fingerprint density at radius 2 is 2.06 bits per heavy atom. The molecule has 2 aliphatic heterocycles. The summed E-state index contributed by atoms with van der Waals surface area (Å²) in [6.45, 7) is 4.74. The van der Waals surface area contributed by atoms with Gasteiger partial charge in [-0.25, -0.2) is 0 Å². The molecule has 1 atom stereocenters. The maximum absolute atomic E-state index is 13.3. The molecule has 7 heteroatoms. The summed E-state index contributed by atoms with van der Waals surface area (Å²) in [6, 6.07) is 14.7. The minimum absolute atomic E-state index is 0.0110. The molecule has 5 nitrogen and oxygen atoms in total. The van der Waals surface area contributed by atoms with Crippen molar-refractivity contribution in [1.82, 2.24) is 4.90 Å². The van der Waals surface area contributed by atoms with Gasteiger partial charge in [-0.3, -0.25) is 4.79 Å². The summed E-state index contributed by atoms with van der Waals surface area (Å²) < 4.78 is 19.4. The molecule has 0 unspecified atom stereocenters. The van der Waals surface area contributed by atoms with Crippen molar-refractivity contribution in [2.24, 2.45) is 0 Å². The van der Waals surface area contributed by atoms with Crippen molar-refractivity contribution in [3.05, 3.63) is 69.2 Å². The summed E-state index contributed by atoms with van der Waals surface area (Å²) in [7, 11) is 0. The van der Waals surface area contributed by atoms with Gasteiger partial charge in [0.2, 0.25) is 0 Å². The summed E-state index contributed by atoms with van der Waals surface area (Å²) in [5.41, 5.74) is 4.24. The van der Waals surface area contributed by atoms with Crippen LogP contribution in [0.15, 0.2) is 53.2 Å². The first-order valence-electron chi connectivity index (χ1n) is 11.5.